The van der Waals surface area contributed by atoms with Crippen LogP contribution in [-0.4, -0.2) is 18.7 Å². The van der Waals surface area contributed by atoms with Gasteiger partial charge in [-0.25, -0.2) is 0 Å². The van der Waals surface area contributed by atoms with Crippen molar-refractivity contribution in [3.05, 3.63) is 71.8 Å². The Labute approximate surface area is 136 Å². The normalized spacial score (nSPS) is 27.8. The first-order valence-electron chi connectivity index (χ1n) is 8.07. The van der Waals surface area contributed by atoms with E-state index in [4.69, 9.17) is 9.47 Å². The Hall–Kier alpha value is -2.13. The number of ether oxygens (including phenoxy) is 2. The molecule has 118 valence electrons. The summed E-state index contributed by atoms with van der Waals surface area (Å²) in [6.45, 7) is 0. The molecule has 1 aliphatic heterocycles. The molecule has 1 spiro atoms. The van der Waals surface area contributed by atoms with Crippen LogP contribution in [0.1, 0.15) is 36.5 Å². The summed E-state index contributed by atoms with van der Waals surface area (Å²) < 4.78 is 11.7. The van der Waals surface area contributed by atoms with Crippen LogP contribution in [-0.2, 0) is 19.7 Å². The predicted octanol–water partition coefficient (Wildman–Crippen LogP) is 3.79. The van der Waals surface area contributed by atoms with Gasteiger partial charge in [-0.2, -0.15) is 0 Å². The molecule has 2 aliphatic rings. The van der Waals surface area contributed by atoms with Crippen molar-refractivity contribution in [3.8, 4) is 0 Å². The molecule has 23 heavy (non-hydrogen) atoms. The van der Waals surface area contributed by atoms with Crippen LogP contribution < -0.4 is 0 Å². The van der Waals surface area contributed by atoms with Crippen LogP contribution in [0.4, 0.5) is 0 Å². The number of hydrogen-bond donors (Lipinski definition) is 0. The highest BCUT2D eigenvalue weighted by atomic mass is 16.5. The van der Waals surface area contributed by atoms with Crippen LogP contribution in [0.5, 0.6) is 0 Å². The first-order valence-corrected chi connectivity index (χ1v) is 8.07. The lowest BCUT2D eigenvalue weighted by Crippen LogP contribution is -2.40. The second kappa shape index (κ2) is 5.20. The molecule has 3 heteroatoms. The Bertz CT molecular complexity index is 706. The van der Waals surface area contributed by atoms with Gasteiger partial charge in [-0.05, 0) is 30.4 Å². The van der Waals surface area contributed by atoms with E-state index >= 15 is 0 Å². The van der Waals surface area contributed by atoms with Crippen molar-refractivity contribution < 1.29 is 14.3 Å². The van der Waals surface area contributed by atoms with Crippen molar-refractivity contribution in [2.24, 2.45) is 0 Å². The van der Waals surface area contributed by atoms with Crippen LogP contribution in [0.15, 0.2) is 60.7 Å². The quantitative estimate of drug-likeness (QED) is 0.809. The lowest BCUT2D eigenvalue weighted by Gasteiger charge is -2.32. The van der Waals surface area contributed by atoms with E-state index in [0.29, 0.717) is 6.42 Å². The molecule has 3 nitrogen and oxygen atoms in total. The van der Waals surface area contributed by atoms with Gasteiger partial charge in [-0.15, -0.1) is 0 Å². The summed E-state index contributed by atoms with van der Waals surface area (Å²) in [6, 6.07) is 20.0. The minimum Gasteiger partial charge on any atom is -0.468 e. The Morgan fingerprint density at radius 1 is 1.04 bits per heavy atom. The number of hydrogen-bond acceptors (Lipinski definition) is 3. The maximum Gasteiger partial charge on any atom is 0.319 e. The van der Waals surface area contributed by atoms with Crippen molar-refractivity contribution >= 4 is 5.97 Å². The van der Waals surface area contributed by atoms with E-state index in [0.717, 1.165) is 24.0 Å². The summed E-state index contributed by atoms with van der Waals surface area (Å²) in [5, 5.41) is 0. The smallest absolute Gasteiger partial charge is 0.319 e. The fraction of sp³-hybridized carbons (Fsp3) is 0.350. The topological polar surface area (TPSA) is 35.5 Å². The van der Waals surface area contributed by atoms with E-state index in [1.165, 1.54) is 7.11 Å². The summed E-state index contributed by atoms with van der Waals surface area (Å²) in [6.07, 6.45) is 2.42. The summed E-state index contributed by atoms with van der Waals surface area (Å²) in [7, 11) is 1.47. The van der Waals surface area contributed by atoms with Crippen molar-refractivity contribution in [1.29, 1.82) is 0 Å². The molecular formula is C20H20O3. The fourth-order valence-electron chi connectivity index (χ4n) is 3.88. The van der Waals surface area contributed by atoms with E-state index in [-0.39, 0.29) is 17.7 Å². The molecule has 1 heterocycles. The lowest BCUT2D eigenvalue weighted by atomic mass is 9.71. The van der Waals surface area contributed by atoms with Gasteiger partial charge < -0.3 is 9.47 Å². The van der Waals surface area contributed by atoms with Gasteiger partial charge in [0.15, 0.2) is 0 Å². The van der Waals surface area contributed by atoms with Crippen molar-refractivity contribution in [3.63, 3.8) is 0 Å². The standard InChI is InChI=1S/C20H20O3/c1-22-18(21)20(16-10-6-3-7-11-16)14-19(12-13-19)23-17(20)15-8-4-2-5-9-15/h2-11,17H,12-14H2,1H3/t17-,20+/m0/s1. The number of rotatable bonds is 3. The predicted molar refractivity (Wildman–Crippen MR) is 87.0 cm³/mol. The Morgan fingerprint density at radius 2 is 1.65 bits per heavy atom. The molecule has 2 atom stereocenters. The second-order valence-electron chi connectivity index (χ2n) is 6.60. The van der Waals surface area contributed by atoms with Crippen LogP contribution in [0.25, 0.3) is 0 Å². The third kappa shape index (κ3) is 2.19. The third-order valence-corrected chi connectivity index (χ3v) is 5.17. The maximum atomic E-state index is 12.9. The molecular weight excluding hydrogens is 288 g/mol. The van der Waals surface area contributed by atoms with Crippen molar-refractivity contribution in [2.75, 3.05) is 7.11 Å². The number of benzene rings is 2. The molecule has 0 aromatic heterocycles. The van der Waals surface area contributed by atoms with Crippen LogP contribution >= 0.6 is 0 Å². The van der Waals surface area contributed by atoms with Gasteiger partial charge in [0.2, 0.25) is 0 Å². The van der Waals surface area contributed by atoms with Gasteiger partial charge >= 0.3 is 5.97 Å². The third-order valence-electron chi connectivity index (χ3n) is 5.17. The summed E-state index contributed by atoms with van der Waals surface area (Å²) in [5.74, 6) is -0.207. The minimum absolute atomic E-state index is 0.162. The van der Waals surface area contributed by atoms with E-state index in [2.05, 4.69) is 0 Å². The van der Waals surface area contributed by atoms with Gasteiger partial charge in [-0.1, -0.05) is 60.7 Å². The zero-order valence-electron chi connectivity index (χ0n) is 13.2. The molecule has 2 fully saturated rings. The van der Waals surface area contributed by atoms with Gasteiger partial charge in [0.25, 0.3) is 0 Å². The molecule has 4 rings (SSSR count). The second-order valence-corrected chi connectivity index (χ2v) is 6.60. The SMILES string of the molecule is COC(=O)[C@@]1(c2ccccc2)CC2(CC2)O[C@H]1c1ccccc1. The Balaban J connectivity index is 1.89. The first kappa shape index (κ1) is 14.5. The molecule has 1 aliphatic carbocycles. The van der Waals surface area contributed by atoms with Crippen LogP contribution in [0, 0.1) is 0 Å². The summed E-state index contributed by atoms with van der Waals surface area (Å²) >= 11 is 0. The highest BCUT2D eigenvalue weighted by molar-refractivity contribution is 5.85. The number of methoxy groups -OCH3 is 1. The van der Waals surface area contributed by atoms with Gasteiger partial charge in [0.1, 0.15) is 11.5 Å². The van der Waals surface area contributed by atoms with Crippen LogP contribution in [0.3, 0.4) is 0 Å². The van der Waals surface area contributed by atoms with E-state index in [1.54, 1.807) is 0 Å². The fourth-order valence-corrected chi connectivity index (χ4v) is 3.88. The molecule has 2 aromatic carbocycles. The van der Waals surface area contributed by atoms with Crippen LogP contribution in [0.2, 0.25) is 0 Å². The molecule has 2 aromatic rings. The zero-order chi connectivity index (χ0) is 15.9. The number of carbonyl (C=O) groups is 1. The lowest BCUT2D eigenvalue weighted by molar-refractivity contribution is -0.150. The zero-order valence-corrected chi connectivity index (χ0v) is 13.2. The van der Waals surface area contributed by atoms with E-state index in [9.17, 15) is 4.79 Å². The van der Waals surface area contributed by atoms with Gasteiger partial charge in [-0.3, -0.25) is 4.79 Å². The van der Waals surface area contributed by atoms with E-state index < -0.39 is 5.41 Å². The number of esters is 1. The first-order chi connectivity index (χ1) is 11.2. The highest BCUT2D eigenvalue weighted by Crippen LogP contribution is 2.62. The average molecular weight is 308 g/mol. The van der Waals surface area contributed by atoms with Gasteiger partial charge in [0, 0.05) is 0 Å². The maximum absolute atomic E-state index is 12.9. The minimum atomic E-state index is -0.770. The van der Waals surface area contributed by atoms with Crippen molar-refractivity contribution in [1.82, 2.24) is 0 Å². The molecule has 1 saturated heterocycles. The average Bonchev–Trinajstić information content (AvgIpc) is 3.27. The Kier molecular flexibility index (Phi) is 3.27. The van der Waals surface area contributed by atoms with E-state index in [1.807, 2.05) is 60.7 Å². The summed E-state index contributed by atoms with van der Waals surface area (Å²) in [4.78, 5) is 12.9. The monoisotopic (exact) mass is 308 g/mol. The highest BCUT2D eigenvalue weighted by Gasteiger charge is 2.66. The largest absolute Gasteiger partial charge is 0.468 e. The molecule has 0 radical (unpaired) electrons. The molecule has 0 amide bonds. The molecule has 1 saturated carbocycles. The molecule has 0 bridgehead atoms. The van der Waals surface area contributed by atoms with Crippen molar-refractivity contribution in [2.45, 2.75) is 36.4 Å². The summed E-state index contributed by atoms with van der Waals surface area (Å²) in [5.41, 5.74) is 1.08. The molecule has 0 unspecified atom stereocenters. The van der Waals surface area contributed by atoms with Gasteiger partial charge in [0.05, 0.1) is 12.7 Å². The number of carbonyl (C=O) groups excluding carboxylic acids is 1. The molecule has 0 N–H and O–H groups in total. The Morgan fingerprint density at radius 3 is 2.22 bits per heavy atom.